The number of rotatable bonds is 7. The molecule has 0 aliphatic rings. The van der Waals surface area contributed by atoms with Gasteiger partial charge >= 0.3 is 0 Å². The molecule has 0 amide bonds. The van der Waals surface area contributed by atoms with Gasteiger partial charge in [-0.15, -0.1) is 0 Å². The molecule has 0 radical (unpaired) electrons. The Hall–Kier alpha value is -2.06. The summed E-state index contributed by atoms with van der Waals surface area (Å²) in [5, 5.41) is 0. The van der Waals surface area contributed by atoms with Gasteiger partial charge in [0.1, 0.15) is 18.2 Å². The molecule has 0 unspecified atom stereocenters. The summed E-state index contributed by atoms with van der Waals surface area (Å²) in [6, 6.07) is 6.86. The molecule has 2 rings (SSSR count). The van der Waals surface area contributed by atoms with Gasteiger partial charge in [-0.05, 0) is 12.1 Å². The van der Waals surface area contributed by atoms with Gasteiger partial charge < -0.3 is 15.0 Å². The standard InChI is InChI=1S/C13H18N4O3S/c1-17-6-5-15-13(17)10-16-21(18,19)8-7-20-12-4-2-3-11(14)9-12/h2-6,9,16H,7-8,10,14H2,1H3. The third kappa shape index (κ3) is 4.76. The number of ether oxygens (including phenoxy) is 1. The smallest absolute Gasteiger partial charge is 0.215 e. The molecule has 0 atom stereocenters. The molecule has 1 aromatic heterocycles. The predicted octanol–water partition coefficient (Wildman–Crippen LogP) is 0.501. The van der Waals surface area contributed by atoms with E-state index in [4.69, 9.17) is 10.5 Å². The highest BCUT2D eigenvalue weighted by Gasteiger charge is 2.11. The van der Waals surface area contributed by atoms with E-state index in [1.807, 2.05) is 0 Å². The maximum atomic E-state index is 11.8. The van der Waals surface area contributed by atoms with Crippen LogP contribution in [0.3, 0.4) is 0 Å². The number of imidazole rings is 1. The van der Waals surface area contributed by atoms with Crippen LogP contribution in [0.15, 0.2) is 36.7 Å². The summed E-state index contributed by atoms with van der Waals surface area (Å²) in [7, 11) is -1.61. The van der Waals surface area contributed by atoms with Crippen molar-refractivity contribution in [2.45, 2.75) is 6.54 Å². The van der Waals surface area contributed by atoms with E-state index in [0.29, 0.717) is 17.3 Å². The first-order valence-electron chi connectivity index (χ1n) is 6.38. The second-order valence-corrected chi connectivity index (χ2v) is 6.44. The number of nitrogens with one attached hydrogen (secondary N) is 1. The van der Waals surface area contributed by atoms with Crippen LogP contribution in [-0.4, -0.2) is 30.3 Å². The van der Waals surface area contributed by atoms with Gasteiger partial charge in [0.15, 0.2) is 0 Å². The average molecular weight is 310 g/mol. The molecule has 0 aliphatic heterocycles. The highest BCUT2D eigenvalue weighted by molar-refractivity contribution is 7.89. The Balaban J connectivity index is 1.80. The summed E-state index contributed by atoms with van der Waals surface area (Å²) in [5.74, 6) is 1.07. The molecule has 1 aromatic carbocycles. The molecule has 1 heterocycles. The second kappa shape index (κ2) is 6.59. The molecule has 21 heavy (non-hydrogen) atoms. The lowest BCUT2D eigenvalue weighted by atomic mass is 10.3. The highest BCUT2D eigenvalue weighted by atomic mass is 32.2. The maximum Gasteiger partial charge on any atom is 0.215 e. The zero-order valence-electron chi connectivity index (χ0n) is 11.7. The molecule has 0 fully saturated rings. The Morgan fingerprint density at radius 3 is 2.90 bits per heavy atom. The Bertz CT molecular complexity index is 697. The first-order chi connectivity index (χ1) is 9.96. The van der Waals surface area contributed by atoms with Gasteiger partial charge in [-0.2, -0.15) is 0 Å². The van der Waals surface area contributed by atoms with Crippen LogP contribution in [0.25, 0.3) is 0 Å². The lowest BCUT2D eigenvalue weighted by molar-refractivity contribution is 0.340. The number of nitrogen functional groups attached to an aromatic ring is 1. The first kappa shape index (κ1) is 15.3. The molecule has 114 valence electrons. The number of hydrogen-bond acceptors (Lipinski definition) is 5. The number of aryl methyl sites for hydroxylation is 1. The van der Waals surface area contributed by atoms with Crippen molar-refractivity contribution in [2.24, 2.45) is 7.05 Å². The maximum absolute atomic E-state index is 11.8. The molecule has 3 N–H and O–H groups in total. The van der Waals surface area contributed by atoms with Gasteiger partial charge in [-0.3, -0.25) is 0 Å². The van der Waals surface area contributed by atoms with E-state index in [1.54, 1.807) is 48.3 Å². The van der Waals surface area contributed by atoms with Crippen LogP contribution in [0.4, 0.5) is 5.69 Å². The van der Waals surface area contributed by atoms with Crippen molar-refractivity contribution in [3.8, 4) is 5.75 Å². The fourth-order valence-electron chi connectivity index (χ4n) is 1.69. The van der Waals surface area contributed by atoms with Gasteiger partial charge in [0.2, 0.25) is 10.0 Å². The number of nitrogens with zero attached hydrogens (tertiary/aromatic N) is 2. The molecule has 2 aromatic rings. The zero-order chi connectivity index (χ0) is 15.3. The minimum absolute atomic E-state index is 0.0549. The Morgan fingerprint density at radius 1 is 1.43 bits per heavy atom. The van der Waals surface area contributed by atoms with Crippen molar-refractivity contribution in [1.29, 1.82) is 0 Å². The average Bonchev–Trinajstić information content (AvgIpc) is 2.82. The molecule has 7 nitrogen and oxygen atoms in total. The number of sulfonamides is 1. The fraction of sp³-hybridized carbons (Fsp3) is 0.308. The summed E-state index contributed by atoms with van der Waals surface area (Å²) in [5.41, 5.74) is 6.18. The van der Waals surface area contributed by atoms with E-state index in [2.05, 4.69) is 9.71 Å². The molecule has 0 saturated carbocycles. The van der Waals surface area contributed by atoms with E-state index < -0.39 is 10.0 Å². The highest BCUT2D eigenvalue weighted by Crippen LogP contribution is 2.14. The van der Waals surface area contributed by atoms with Crippen molar-refractivity contribution >= 4 is 15.7 Å². The Labute approximate surface area is 123 Å². The topological polar surface area (TPSA) is 99.2 Å². The van der Waals surface area contributed by atoms with Crippen molar-refractivity contribution in [3.63, 3.8) is 0 Å². The number of benzene rings is 1. The van der Waals surface area contributed by atoms with Crippen LogP contribution >= 0.6 is 0 Å². The van der Waals surface area contributed by atoms with Crippen LogP contribution in [0.1, 0.15) is 5.82 Å². The Kier molecular flexibility index (Phi) is 4.81. The summed E-state index contributed by atoms with van der Waals surface area (Å²) in [4.78, 5) is 4.05. The number of hydrogen-bond donors (Lipinski definition) is 2. The number of nitrogens with two attached hydrogens (primary N) is 1. The minimum Gasteiger partial charge on any atom is -0.492 e. The van der Waals surface area contributed by atoms with Crippen LogP contribution in [0, 0.1) is 0 Å². The predicted molar refractivity (Wildman–Crippen MR) is 80.2 cm³/mol. The summed E-state index contributed by atoms with van der Waals surface area (Å²) < 4.78 is 33.3. The van der Waals surface area contributed by atoms with E-state index in [-0.39, 0.29) is 18.9 Å². The summed E-state index contributed by atoms with van der Waals surface area (Å²) in [6.45, 7) is 0.212. The Morgan fingerprint density at radius 2 is 2.24 bits per heavy atom. The number of anilines is 1. The molecule has 8 heteroatoms. The zero-order valence-corrected chi connectivity index (χ0v) is 12.5. The summed E-state index contributed by atoms with van der Waals surface area (Å²) in [6.07, 6.45) is 3.37. The fourth-order valence-corrected chi connectivity index (χ4v) is 2.48. The largest absolute Gasteiger partial charge is 0.492 e. The van der Waals surface area contributed by atoms with E-state index in [0.717, 1.165) is 0 Å². The lowest BCUT2D eigenvalue weighted by Gasteiger charge is -2.09. The molecular weight excluding hydrogens is 292 g/mol. The van der Waals surface area contributed by atoms with E-state index >= 15 is 0 Å². The van der Waals surface area contributed by atoms with Gasteiger partial charge in [0, 0.05) is 31.2 Å². The van der Waals surface area contributed by atoms with Crippen LogP contribution < -0.4 is 15.2 Å². The molecule has 0 saturated heterocycles. The quantitative estimate of drug-likeness (QED) is 0.726. The second-order valence-electron chi connectivity index (χ2n) is 4.52. The van der Waals surface area contributed by atoms with Crippen molar-refractivity contribution in [2.75, 3.05) is 18.1 Å². The minimum atomic E-state index is -3.41. The normalized spacial score (nSPS) is 11.5. The lowest BCUT2D eigenvalue weighted by Crippen LogP contribution is -2.29. The first-order valence-corrected chi connectivity index (χ1v) is 8.03. The third-order valence-corrected chi connectivity index (χ3v) is 4.14. The monoisotopic (exact) mass is 310 g/mol. The van der Waals surface area contributed by atoms with Gasteiger partial charge in [0.25, 0.3) is 0 Å². The molecule has 0 bridgehead atoms. The van der Waals surface area contributed by atoms with Crippen LogP contribution in [-0.2, 0) is 23.6 Å². The SMILES string of the molecule is Cn1ccnc1CNS(=O)(=O)CCOc1cccc(N)c1. The molecule has 0 aliphatic carbocycles. The number of aromatic nitrogens is 2. The van der Waals surface area contributed by atoms with Crippen LogP contribution in [0.5, 0.6) is 5.75 Å². The summed E-state index contributed by atoms with van der Waals surface area (Å²) >= 11 is 0. The van der Waals surface area contributed by atoms with Crippen molar-refractivity contribution in [1.82, 2.24) is 14.3 Å². The van der Waals surface area contributed by atoms with E-state index in [9.17, 15) is 8.42 Å². The van der Waals surface area contributed by atoms with Crippen molar-refractivity contribution < 1.29 is 13.2 Å². The van der Waals surface area contributed by atoms with Gasteiger partial charge in [-0.1, -0.05) is 6.07 Å². The van der Waals surface area contributed by atoms with E-state index in [1.165, 1.54) is 0 Å². The molecular formula is C13H18N4O3S. The van der Waals surface area contributed by atoms with Gasteiger partial charge in [0.05, 0.1) is 12.3 Å². The van der Waals surface area contributed by atoms with Gasteiger partial charge in [-0.25, -0.2) is 18.1 Å². The third-order valence-electron chi connectivity index (χ3n) is 2.85. The van der Waals surface area contributed by atoms with Crippen molar-refractivity contribution in [3.05, 3.63) is 42.5 Å². The van der Waals surface area contributed by atoms with Crippen LogP contribution in [0.2, 0.25) is 0 Å². The molecule has 0 spiro atoms.